The van der Waals surface area contributed by atoms with Gasteiger partial charge < -0.3 is 5.32 Å². The molecule has 0 spiro atoms. The van der Waals surface area contributed by atoms with Gasteiger partial charge in [-0.2, -0.15) is 5.10 Å². The molecule has 1 heterocycles. The summed E-state index contributed by atoms with van der Waals surface area (Å²) < 4.78 is 2.60. The molecule has 0 fully saturated rings. The number of rotatable bonds is 6. The van der Waals surface area contributed by atoms with Crippen molar-refractivity contribution < 1.29 is 4.79 Å². The topological polar surface area (TPSA) is 63.1 Å². The lowest BCUT2D eigenvalue weighted by molar-refractivity contribution is -0.117. The first-order valence-corrected chi connectivity index (χ1v) is 9.44. The van der Waals surface area contributed by atoms with Crippen molar-refractivity contribution in [1.29, 1.82) is 0 Å². The second-order valence-corrected chi connectivity index (χ2v) is 7.41. The number of carbonyl (C=O) groups is 1. The van der Waals surface area contributed by atoms with Crippen LogP contribution in [-0.2, 0) is 4.79 Å². The van der Waals surface area contributed by atoms with Crippen molar-refractivity contribution in [2.24, 2.45) is 0 Å². The van der Waals surface area contributed by atoms with Crippen LogP contribution >= 0.6 is 15.9 Å². The van der Waals surface area contributed by atoms with Gasteiger partial charge >= 0.3 is 0 Å². The quantitative estimate of drug-likeness (QED) is 0.646. The number of hydrogen-bond acceptors (Lipinski definition) is 4. The molecule has 0 unspecified atom stereocenters. The molecule has 0 saturated carbocycles. The standard InChI is InChI=1S/C20H22BrN5O/c1-14-4-9-19(18(21)10-14)24-20(27)11-25(3)15(2)16-5-7-17(8-6-16)26-13-22-12-23-26/h4-10,12-13,15H,11H2,1-3H3,(H,24,27)/t15-/m1/s1. The molecule has 3 rings (SSSR count). The predicted molar refractivity (Wildman–Crippen MR) is 110 cm³/mol. The maximum atomic E-state index is 12.4. The van der Waals surface area contributed by atoms with Gasteiger partial charge in [0.1, 0.15) is 12.7 Å². The van der Waals surface area contributed by atoms with E-state index in [9.17, 15) is 4.79 Å². The van der Waals surface area contributed by atoms with E-state index in [0.717, 1.165) is 27.0 Å². The van der Waals surface area contributed by atoms with Crippen LogP contribution in [-0.4, -0.2) is 39.2 Å². The highest BCUT2D eigenvalue weighted by molar-refractivity contribution is 9.10. The second-order valence-electron chi connectivity index (χ2n) is 6.55. The molecule has 0 aliphatic rings. The van der Waals surface area contributed by atoms with Crippen molar-refractivity contribution in [3.05, 3.63) is 70.7 Å². The molecule has 0 bridgehead atoms. The van der Waals surface area contributed by atoms with Crippen LogP contribution in [0.3, 0.4) is 0 Å². The number of amides is 1. The minimum Gasteiger partial charge on any atom is -0.324 e. The van der Waals surface area contributed by atoms with Crippen LogP contribution < -0.4 is 5.32 Å². The molecule has 27 heavy (non-hydrogen) atoms. The number of carbonyl (C=O) groups excluding carboxylic acids is 1. The zero-order valence-electron chi connectivity index (χ0n) is 15.6. The number of halogens is 1. The van der Waals surface area contributed by atoms with Crippen LogP contribution in [0, 0.1) is 6.92 Å². The van der Waals surface area contributed by atoms with Gasteiger partial charge in [-0.25, -0.2) is 9.67 Å². The van der Waals surface area contributed by atoms with E-state index in [4.69, 9.17) is 0 Å². The minimum atomic E-state index is -0.0480. The predicted octanol–water partition coefficient (Wildman–Crippen LogP) is 3.97. The molecule has 6 nitrogen and oxygen atoms in total. The lowest BCUT2D eigenvalue weighted by Crippen LogP contribution is -2.32. The number of likely N-dealkylation sites (N-methyl/N-ethyl adjacent to an activating group) is 1. The van der Waals surface area contributed by atoms with E-state index in [-0.39, 0.29) is 11.9 Å². The lowest BCUT2D eigenvalue weighted by atomic mass is 10.1. The van der Waals surface area contributed by atoms with Crippen molar-refractivity contribution >= 4 is 27.5 Å². The highest BCUT2D eigenvalue weighted by atomic mass is 79.9. The molecule has 1 atom stereocenters. The summed E-state index contributed by atoms with van der Waals surface area (Å²) in [6.07, 6.45) is 3.17. The number of aryl methyl sites for hydroxylation is 1. The zero-order valence-corrected chi connectivity index (χ0v) is 17.1. The van der Waals surface area contributed by atoms with E-state index in [0.29, 0.717) is 6.54 Å². The van der Waals surface area contributed by atoms with Crippen LogP contribution in [0.2, 0.25) is 0 Å². The van der Waals surface area contributed by atoms with Crippen LogP contribution in [0.25, 0.3) is 5.69 Å². The first-order valence-electron chi connectivity index (χ1n) is 8.65. The summed E-state index contributed by atoms with van der Waals surface area (Å²) in [7, 11) is 1.94. The molecule has 1 amide bonds. The smallest absolute Gasteiger partial charge is 0.238 e. The van der Waals surface area contributed by atoms with Crippen molar-refractivity contribution in [3.8, 4) is 5.69 Å². The minimum absolute atomic E-state index is 0.0480. The van der Waals surface area contributed by atoms with Gasteiger partial charge in [0.05, 0.1) is 17.9 Å². The summed E-state index contributed by atoms with van der Waals surface area (Å²) in [6, 6.07) is 14.1. The highest BCUT2D eigenvalue weighted by Gasteiger charge is 2.16. The van der Waals surface area contributed by atoms with Crippen molar-refractivity contribution in [2.45, 2.75) is 19.9 Å². The number of nitrogens with zero attached hydrogens (tertiary/aromatic N) is 4. The molecule has 2 aromatic carbocycles. The van der Waals surface area contributed by atoms with Crippen molar-refractivity contribution in [3.63, 3.8) is 0 Å². The first-order chi connectivity index (χ1) is 12.9. The number of anilines is 1. The highest BCUT2D eigenvalue weighted by Crippen LogP contribution is 2.24. The van der Waals surface area contributed by atoms with E-state index >= 15 is 0 Å². The largest absolute Gasteiger partial charge is 0.324 e. The second kappa shape index (κ2) is 8.45. The van der Waals surface area contributed by atoms with E-state index in [1.165, 1.54) is 6.33 Å². The Bertz CT molecular complexity index is 909. The van der Waals surface area contributed by atoms with Crippen LogP contribution in [0.1, 0.15) is 24.1 Å². The van der Waals surface area contributed by atoms with Crippen molar-refractivity contribution in [1.82, 2.24) is 19.7 Å². The van der Waals surface area contributed by atoms with Gasteiger partial charge in [-0.15, -0.1) is 0 Å². The van der Waals surface area contributed by atoms with Crippen LogP contribution in [0.4, 0.5) is 5.69 Å². The average molecular weight is 428 g/mol. The number of hydrogen-bond donors (Lipinski definition) is 1. The zero-order chi connectivity index (χ0) is 19.4. The summed E-state index contributed by atoms with van der Waals surface area (Å²) in [5.74, 6) is -0.0480. The van der Waals surface area contributed by atoms with Gasteiger partial charge in [0.25, 0.3) is 0 Å². The van der Waals surface area contributed by atoms with Gasteiger partial charge in [-0.3, -0.25) is 9.69 Å². The molecule has 0 aliphatic carbocycles. The third-order valence-corrected chi connectivity index (χ3v) is 5.17. The maximum Gasteiger partial charge on any atom is 0.238 e. The number of benzene rings is 2. The molecule has 7 heteroatoms. The summed E-state index contributed by atoms with van der Waals surface area (Å²) in [4.78, 5) is 18.4. The van der Waals surface area contributed by atoms with Gasteiger partial charge in [0.15, 0.2) is 0 Å². The molecular weight excluding hydrogens is 406 g/mol. The molecular formula is C20H22BrN5O. The Morgan fingerprint density at radius 1 is 1.26 bits per heavy atom. The Labute approximate surface area is 167 Å². The monoisotopic (exact) mass is 427 g/mol. The Morgan fingerprint density at radius 3 is 2.63 bits per heavy atom. The fraction of sp³-hybridized carbons (Fsp3) is 0.250. The molecule has 1 N–H and O–H groups in total. The summed E-state index contributed by atoms with van der Waals surface area (Å²) >= 11 is 3.49. The van der Waals surface area contributed by atoms with E-state index < -0.39 is 0 Å². The molecule has 1 aromatic heterocycles. The third kappa shape index (κ3) is 4.81. The van der Waals surface area contributed by atoms with Gasteiger partial charge in [0, 0.05) is 10.5 Å². The fourth-order valence-electron chi connectivity index (χ4n) is 2.78. The number of aromatic nitrogens is 3. The summed E-state index contributed by atoms with van der Waals surface area (Å²) in [6.45, 7) is 4.39. The SMILES string of the molecule is Cc1ccc(NC(=O)CN(C)[C@H](C)c2ccc(-n3cncn3)cc2)c(Br)c1. The third-order valence-electron chi connectivity index (χ3n) is 4.51. The Hall–Kier alpha value is -2.51. The van der Waals surface area contributed by atoms with Crippen LogP contribution in [0.15, 0.2) is 59.6 Å². The number of nitrogens with one attached hydrogen (secondary N) is 1. The van der Waals surface area contributed by atoms with Crippen LogP contribution in [0.5, 0.6) is 0 Å². The van der Waals surface area contributed by atoms with Gasteiger partial charge in [-0.1, -0.05) is 18.2 Å². The Balaban J connectivity index is 1.61. The fourth-order valence-corrected chi connectivity index (χ4v) is 3.37. The van der Waals surface area contributed by atoms with E-state index in [1.54, 1.807) is 11.0 Å². The first kappa shape index (κ1) is 19.3. The normalized spacial score (nSPS) is 12.2. The molecule has 0 aliphatic heterocycles. The summed E-state index contributed by atoms with van der Waals surface area (Å²) in [5.41, 5.74) is 4.00. The molecule has 140 valence electrons. The molecule has 3 aromatic rings. The average Bonchev–Trinajstić information content (AvgIpc) is 3.18. The molecule has 0 saturated heterocycles. The van der Waals surface area contributed by atoms with Crippen molar-refractivity contribution in [2.75, 3.05) is 18.9 Å². The molecule has 0 radical (unpaired) electrons. The lowest BCUT2D eigenvalue weighted by Gasteiger charge is -2.24. The van der Waals surface area contributed by atoms with E-state index in [2.05, 4.69) is 38.3 Å². The Kier molecular flexibility index (Phi) is 6.03. The van der Waals surface area contributed by atoms with Gasteiger partial charge in [-0.05, 0) is 72.2 Å². The Morgan fingerprint density at radius 2 is 2.00 bits per heavy atom. The maximum absolute atomic E-state index is 12.4. The van der Waals surface area contributed by atoms with Gasteiger partial charge in [0.2, 0.25) is 5.91 Å². The van der Waals surface area contributed by atoms with E-state index in [1.807, 2.05) is 61.3 Å². The summed E-state index contributed by atoms with van der Waals surface area (Å²) in [5, 5.41) is 7.08.